The maximum Gasteiger partial charge on any atom is 0.0240 e. The lowest BCUT2D eigenvalue weighted by molar-refractivity contribution is 0.286. The van der Waals surface area contributed by atoms with Crippen molar-refractivity contribution >= 4 is 6.08 Å². The molecule has 0 saturated carbocycles. The van der Waals surface area contributed by atoms with Crippen LogP contribution in [0.1, 0.15) is 22.3 Å². The first-order valence-electron chi connectivity index (χ1n) is 8.83. The maximum absolute atomic E-state index is 2.47. The SMILES string of the molecule is Cc1ccc(/C=C\CN(Cc2ccccc2)Cc2ccccc2)cc1. The second-order valence-corrected chi connectivity index (χ2v) is 6.45. The summed E-state index contributed by atoms with van der Waals surface area (Å²) in [6.07, 6.45) is 4.47. The summed E-state index contributed by atoms with van der Waals surface area (Å²) in [6, 6.07) is 30.0. The van der Waals surface area contributed by atoms with Crippen LogP contribution in [-0.4, -0.2) is 11.4 Å². The van der Waals surface area contributed by atoms with E-state index in [0.29, 0.717) is 0 Å². The molecule has 0 atom stereocenters. The van der Waals surface area contributed by atoms with Crippen LogP contribution in [0.15, 0.2) is 91.0 Å². The third-order valence-electron chi connectivity index (χ3n) is 4.25. The zero-order valence-electron chi connectivity index (χ0n) is 14.8. The Balaban J connectivity index is 1.68. The Morgan fingerprint density at radius 3 is 1.72 bits per heavy atom. The Morgan fingerprint density at radius 1 is 0.680 bits per heavy atom. The van der Waals surface area contributed by atoms with Crippen LogP contribution in [0.25, 0.3) is 6.08 Å². The van der Waals surface area contributed by atoms with Crippen LogP contribution in [0.2, 0.25) is 0 Å². The van der Waals surface area contributed by atoms with E-state index in [-0.39, 0.29) is 0 Å². The van der Waals surface area contributed by atoms with Crippen molar-refractivity contribution in [3.05, 3.63) is 113 Å². The molecule has 0 N–H and O–H groups in total. The summed E-state index contributed by atoms with van der Waals surface area (Å²) < 4.78 is 0. The molecule has 1 nitrogen and oxygen atoms in total. The predicted octanol–water partition coefficient (Wildman–Crippen LogP) is 5.71. The largest absolute Gasteiger partial charge is 0.291 e. The van der Waals surface area contributed by atoms with Gasteiger partial charge in [-0.15, -0.1) is 0 Å². The van der Waals surface area contributed by atoms with Gasteiger partial charge >= 0.3 is 0 Å². The molecule has 0 amide bonds. The second-order valence-electron chi connectivity index (χ2n) is 6.45. The Kier molecular flexibility index (Phi) is 6.19. The van der Waals surface area contributed by atoms with Crippen molar-refractivity contribution in [2.24, 2.45) is 0 Å². The molecule has 0 fully saturated rings. The van der Waals surface area contributed by atoms with E-state index >= 15 is 0 Å². The van der Waals surface area contributed by atoms with Gasteiger partial charge in [0.25, 0.3) is 0 Å². The minimum atomic E-state index is 0.928. The minimum Gasteiger partial charge on any atom is -0.291 e. The number of hydrogen-bond acceptors (Lipinski definition) is 1. The lowest BCUT2D eigenvalue weighted by Crippen LogP contribution is -2.22. The Morgan fingerprint density at radius 2 is 1.20 bits per heavy atom. The Bertz CT molecular complexity index is 732. The molecule has 0 unspecified atom stereocenters. The van der Waals surface area contributed by atoms with Crippen LogP contribution in [0.4, 0.5) is 0 Å². The highest BCUT2D eigenvalue weighted by Gasteiger charge is 2.05. The van der Waals surface area contributed by atoms with Crippen molar-refractivity contribution in [3.8, 4) is 0 Å². The highest BCUT2D eigenvalue weighted by molar-refractivity contribution is 5.49. The average Bonchev–Trinajstić information content (AvgIpc) is 2.65. The van der Waals surface area contributed by atoms with Gasteiger partial charge in [0.2, 0.25) is 0 Å². The van der Waals surface area contributed by atoms with E-state index in [2.05, 4.69) is 109 Å². The molecule has 0 aromatic heterocycles. The molecule has 0 aliphatic heterocycles. The van der Waals surface area contributed by atoms with Gasteiger partial charge in [0, 0.05) is 19.6 Å². The van der Waals surface area contributed by atoms with Crippen molar-refractivity contribution in [1.82, 2.24) is 4.90 Å². The van der Waals surface area contributed by atoms with Crippen LogP contribution < -0.4 is 0 Å². The Hall–Kier alpha value is -2.64. The van der Waals surface area contributed by atoms with Crippen LogP contribution in [0, 0.1) is 6.92 Å². The van der Waals surface area contributed by atoms with E-state index in [1.807, 2.05) is 0 Å². The fraction of sp³-hybridized carbons (Fsp3) is 0.167. The summed E-state index contributed by atoms with van der Waals surface area (Å²) in [5.74, 6) is 0. The molecule has 0 heterocycles. The average molecular weight is 327 g/mol. The predicted molar refractivity (Wildman–Crippen MR) is 107 cm³/mol. The van der Waals surface area contributed by atoms with Gasteiger partial charge in [0.05, 0.1) is 0 Å². The second kappa shape index (κ2) is 9.00. The van der Waals surface area contributed by atoms with E-state index in [9.17, 15) is 0 Å². The molecule has 3 rings (SSSR count). The monoisotopic (exact) mass is 327 g/mol. The number of hydrogen-bond donors (Lipinski definition) is 0. The van der Waals surface area contributed by atoms with E-state index in [4.69, 9.17) is 0 Å². The molecule has 126 valence electrons. The zero-order chi connectivity index (χ0) is 17.3. The third-order valence-corrected chi connectivity index (χ3v) is 4.25. The van der Waals surface area contributed by atoms with Crippen molar-refractivity contribution in [1.29, 1.82) is 0 Å². The number of nitrogens with zero attached hydrogens (tertiary/aromatic N) is 1. The zero-order valence-corrected chi connectivity index (χ0v) is 14.8. The molecule has 0 aliphatic carbocycles. The van der Waals surface area contributed by atoms with Crippen LogP contribution in [0.3, 0.4) is 0 Å². The van der Waals surface area contributed by atoms with Gasteiger partial charge in [-0.1, -0.05) is 103 Å². The third kappa shape index (κ3) is 5.74. The fourth-order valence-electron chi connectivity index (χ4n) is 2.88. The van der Waals surface area contributed by atoms with E-state index in [1.54, 1.807) is 0 Å². The molecular formula is C24H25N. The van der Waals surface area contributed by atoms with Gasteiger partial charge in [-0.2, -0.15) is 0 Å². The smallest absolute Gasteiger partial charge is 0.0240 e. The molecule has 0 aliphatic rings. The molecule has 0 spiro atoms. The lowest BCUT2D eigenvalue weighted by atomic mass is 10.1. The van der Waals surface area contributed by atoms with Gasteiger partial charge in [-0.05, 0) is 23.6 Å². The summed E-state index contributed by atoms with van der Waals surface area (Å²) in [7, 11) is 0. The van der Waals surface area contributed by atoms with Crippen LogP contribution >= 0.6 is 0 Å². The molecule has 0 bridgehead atoms. The molecule has 0 radical (unpaired) electrons. The van der Waals surface area contributed by atoms with Crippen molar-refractivity contribution < 1.29 is 0 Å². The summed E-state index contributed by atoms with van der Waals surface area (Å²) >= 11 is 0. The van der Waals surface area contributed by atoms with Crippen molar-refractivity contribution in [2.45, 2.75) is 20.0 Å². The summed E-state index contributed by atoms with van der Waals surface area (Å²) in [5.41, 5.74) is 5.25. The van der Waals surface area contributed by atoms with E-state index in [0.717, 1.165) is 19.6 Å². The lowest BCUT2D eigenvalue weighted by Gasteiger charge is -2.21. The number of benzene rings is 3. The molecular weight excluding hydrogens is 302 g/mol. The first-order chi connectivity index (χ1) is 12.3. The van der Waals surface area contributed by atoms with E-state index in [1.165, 1.54) is 22.3 Å². The van der Waals surface area contributed by atoms with Crippen molar-refractivity contribution in [2.75, 3.05) is 6.54 Å². The van der Waals surface area contributed by atoms with Gasteiger partial charge in [-0.3, -0.25) is 4.90 Å². The molecule has 1 heteroatoms. The van der Waals surface area contributed by atoms with Gasteiger partial charge in [0.1, 0.15) is 0 Å². The van der Waals surface area contributed by atoms with Crippen LogP contribution in [-0.2, 0) is 13.1 Å². The molecule has 25 heavy (non-hydrogen) atoms. The highest BCUT2D eigenvalue weighted by Crippen LogP contribution is 2.11. The first-order valence-corrected chi connectivity index (χ1v) is 8.83. The van der Waals surface area contributed by atoms with Gasteiger partial charge < -0.3 is 0 Å². The van der Waals surface area contributed by atoms with Gasteiger partial charge in [0.15, 0.2) is 0 Å². The van der Waals surface area contributed by atoms with E-state index < -0.39 is 0 Å². The topological polar surface area (TPSA) is 3.24 Å². The minimum absolute atomic E-state index is 0.928. The molecule has 0 saturated heterocycles. The number of rotatable bonds is 7. The normalized spacial score (nSPS) is 11.3. The standard InChI is InChI=1S/C24H25N/c1-21-14-16-22(17-15-21)13-8-18-25(19-23-9-4-2-5-10-23)20-24-11-6-3-7-12-24/h2-17H,18-20H2,1H3/b13-8-. The first kappa shape index (κ1) is 17.2. The fourth-order valence-corrected chi connectivity index (χ4v) is 2.88. The van der Waals surface area contributed by atoms with Gasteiger partial charge in [-0.25, -0.2) is 0 Å². The highest BCUT2D eigenvalue weighted by atomic mass is 15.1. The number of aryl methyl sites for hydroxylation is 1. The summed E-state index contributed by atoms with van der Waals surface area (Å²) in [6.45, 7) is 4.95. The van der Waals surface area contributed by atoms with Crippen molar-refractivity contribution in [3.63, 3.8) is 0 Å². The quantitative estimate of drug-likeness (QED) is 0.537. The Labute approximate surface area is 151 Å². The van der Waals surface area contributed by atoms with Crippen LogP contribution in [0.5, 0.6) is 0 Å². The molecule has 3 aromatic carbocycles. The summed E-state index contributed by atoms with van der Waals surface area (Å²) in [4.78, 5) is 2.47. The molecule has 3 aromatic rings. The maximum atomic E-state index is 2.47. The summed E-state index contributed by atoms with van der Waals surface area (Å²) in [5, 5.41) is 0.